The predicted molar refractivity (Wildman–Crippen MR) is 76.4 cm³/mol. The molecule has 1 aromatic carbocycles. The van der Waals surface area contributed by atoms with Gasteiger partial charge in [0, 0.05) is 28.3 Å². The smallest absolute Gasteiger partial charge is 0.0485 e. The van der Waals surface area contributed by atoms with Gasteiger partial charge >= 0.3 is 0 Å². The first kappa shape index (κ1) is 11.9. The summed E-state index contributed by atoms with van der Waals surface area (Å²) < 4.78 is 1.08. The van der Waals surface area contributed by atoms with Crippen LogP contribution in [0.5, 0.6) is 0 Å². The van der Waals surface area contributed by atoms with E-state index in [0.29, 0.717) is 5.92 Å². The second-order valence-corrected chi connectivity index (χ2v) is 5.69. The number of aromatic nitrogens is 1. The number of rotatable bonds is 2. The van der Waals surface area contributed by atoms with Gasteiger partial charge in [0.2, 0.25) is 0 Å². The SMILES string of the molecule is NC(c1cccc(Br)c1)C1CCc2cccnc21. The standard InChI is InChI=1S/C15H15BrN2/c16-12-5-1-3-11(9-12)14(17)13-7-6-10-4-2-8-18-15(10)13/h1-5,8-9,13-14H,6-7,17H2. The van der Waals surface area contributed by atoms with Gasteiger partial charge in [-0.15, -0.1) is 0 Å². The lowest BCUT2D eigenvalue weighted by Gasteiger charge is -2.20. The highest BCUT2D eigenvalue weighted by Gasteiger charge is 2.29. The third-order valence-corrected chi connectivity index (χ3v) is 4.16. The number of nitrogens with two attached hydrogens (primary N) is 1. The highest BCUT2D eigenvalue weighted by Crippen LogP contribution is 2.39. The van der Waals surface area contributed by atoms with Crippen molar-refractivity contribution in [3.05, 3.63) is 63.9 Å². The Bertz CT molecular complexity index is 568. The lowest BCUT2D eigenvalue weighted by atomic mass is 9.92. The van der Waals surface area contributed by atoms with E-state index < -0.39 is 0 Å². The van der Waals surface area contributed by atoms with E-state index in [1.807, 2.05) is 24.4 Å². The number of aryl methyl sites for hydroxylation is 1. The van der Waals surface area contributed by atoms with Crippen LogP contribution in [0.2, 0.25) is 0 Å². The van der Waals surface area contributed by atoms with Gasteiger partial charge in [-0.1, -0.05) is 34.1 Å². The number of hydrogen-bond donors (Lipinski definition) is 1. The Morgan fingerprint density at radius 3 is 3.00 bits per heavy atom. The number of benzene rings is 1. The summed E-state index contributed by atoms with van der Waals surface area (Å²) in [6.07, 6.45) is 4.06. The minimum absolute atomic E-state index is 0.0265. The average Bonchev–Trinajstić information content (AvgIpc) is 2.82. The van der Waals surface area contributed by atoms with Crippen molar-refractivity contribution in [3.8, 4) is 0 Å². The van der Waals surface area contributed by atoms with Crippen molar-refractivity contribution >= 4 is 15.9 Å². The van der Waals surface area contributed by atoms with Crippen LogP contribution < -0.4 is 5.73 Å². The highest BCUT2D eigenvalue weighted by molar-refractivity contribution is 9.10. The fourth-order valence-corrected chi connectivity index (χ4v) is 3.16. The van der Waals surface area contributed by atoms with E-state index in [2.05, 4.69) is 39.1 Å². The summed E-state index contributed by atoms with van der Waals surface area (Å²) in [5, 5.41) is 0. The zero-order chi connectivity index (χ0) is 12.5. The Morgan fingerprint density at radius 2 is 2.17 bits per heavy atom. The van der Waals surface area contributed by atoms with Gasteiger partial charge in [-0.05, 0) is 42.2 Å². The highest BCUT2D eigenvalue weighted by atomic mass is 79.9. The predicted octanol–water partition coefficient (Wildman–Crippen LogP) is 3.57. The molecule has 18 heavy (non-hydrogen) atoms. The van der Waals surface area contributed by atoms with Crippen molar-refractivity contribution in [3.63, 3.8) is 0 Å². The molecule has 92 valence electrons. The van der Waals surface area contributed by atoms with E-state index in [0.717, 1.165) is 17.3 Å². The molecule has 0 spiro atoms. The van der Waals surface area contributed by atoms with Crippen LogP contribution >= 0.6 is 15.9 Å². The number of halogens is 1. The Labute approximate surface area is 115 Å². The van der Waals surface area contributed by atoms with Crippen molar-refractivity contribution < 1.29 is 0 Å². The van der Waals surface area contributed by atoms with Gasteiger partial charge in [0.25, 0.3) is 0 Å². The van der Waals surface area contributed by atoms with Crippen molar-refractivity contribution in [2.75, 3.05) is 0 Å². The summed E-state index contributed by atoms with van der Waals surface area (Å²) in [7, 11) is 0. The number of fused-ring (bicyclic) bond motifs is 1. The zero-order valence-electron chi connectivity index (χ0n) is 10.0. The molecule has 0 radical (unpaired) electrons. The Morgan fingerprint density at radius 1 is 1.28 bits per heavy atom. The molecule has 0 amide bonds. The number of hydrogen-bond acceptors (Lipinski definition) is 2. The molecule has 2 unspecified atom stereocenters. The van der Waals surface area contributed by atoms with Gasteiger partial charge in [0.05, 0.1) is 0 Å². The maximum atomic E-state index is 6.42. The number of nitrogens with zero attached hydrogens (tertiary/aromatic N) is 1. The first-order chi connectivity index (χ1) is 8.75. The third-order valence-electron chi connectivity index (χ3n) is 3.67. The Hall–Kier alpha value is -1.19. The van der Waals surface area contributed by atoms with Crippen LogP contribution in [-0.4, -0.2) is 4.98 Å². The van der Waals surface area contributed by atoms with Crippen molar-refractivity contribution in [2.45, 2.75) is 24.8 Å². The molecule has 0 saturated carbocycles. The summed E-state index contributed by atoms with van der Waals surface area (Å²) in [5.41, 5.74) is 10.1. The molecular formula is C15H15BrN2. The third kappa shape index (κ3) is 2.08. The average molecular weight is 303 g/mol. The molecule has 2 nitrogen and oxygen atoms in total. The van der Waals surface area contributed by atoms with E-state index in [9.17, 15) is 0 Å². The molecule has 1 aliphatic rings. The first-order valence-electron chi connectivity index (χ1n) is 6.20. The summed E-state index contributed by atoms with van der Waals surface area (Å²) in [4.78, 5) is 4.52. The van der Waals surface area contributed by atoms with Crippen LogP contribution in [0.4, 0.5) is 0 Å². The molecule has 3 rings (SSSR count). The zero-order valence-corrected chi connectivity index (χ0v) is 11.6. The molecule has 1 aromatic heterocycles. The van der Waals surface area contributed by atoms with Gasteiger partial charge in [-0.25, -0.2) is 0 Å². The molecule has 0 aliphatic heterocycles. The molecule has 0 fully saturated rings. The largest absolute Gasteiger partial charge is 0.323 e. The van der Waals surface area contributed by atoms with Gasteiger partial charge in [-0.2, -0.15) is 0 Å². The lowest BCUT2D eigenvalue weighted by molar-refractivity contribution is 0.541. The molecule has 3 heteroatoms. The summed E-state index contributed by atoms with van der Waals surface area (Å²) in [5.74, 6) is 0.343. The molecule has 0 saturated heterocycles. The molecular weight excluding hydrogens is 288 g/mol. The monoisotopic (exact) mass is 302 g/mol. The second-order valence-electron chi connectivity index (χ2n) is 4.77. The maximum absolute atomic E-state index is 6.42. The van der Waals surface area contributed by atoms with Crippen LogP contribution in [0.25, 0.3) is 0 Å². The van der Waals surface area contributed by atoms with Crippen molar-refractivity contribution in [1.29, 1.82) is 0 Å². The molecule has 1 aliphatic carbocycles. The molecule has 2 N–H and O–H groups in total. The van der Waals surface area contributed by atoms with E-state index in [1.54, 1.807) is 0 Å². The summed E-state index contributed by atoms with van der Waals surface area (Å²) in [6.45, 7) is 0. The van der Waals surface area contributed by atoms with E-state index in [4.69, 9.17) is 5.73 Å². The Balaban J connectivity index is 1.93. The van der Waals surface area contributed by atoms with Gasteiger partial charge in [0.1, 0.15) is 0 Å². The molecule has 0 bridgehead atoms. The van der Waals surface area contributed by atoms with Crippen molar-refractivity contribution in [1.82, 2.24) is 4.98 Å². The molecule has 2 atom stereocenters. The fourth-order valence-electron chi connectivity index (χ4n) is 2.74. The topological polar surface area (TPSA) is 38.9 Å². The van der Waals surface area contributed by atoms with Gasteiger partial charge < -0.3 is 5.73 Å². The lowest BCUT2D eigenvalue weighted by Crippen LogP contribution is -2.18. The maximum Gasteiger partial charge on any atom is 0.0485 e. The van der Waals surface area contributed by atoms with Gasteiger partial charge in [0.15, 0.2) is 0 Å². The van der Waals surface area contributed by atoms with E-state index >= 15 is 0 Å². The normalized spacial score (nSPS) is 19.6. The van der Waals surface area contributed by atoms with E-state index in [1.165, 1.54) is 16.8 Å². The minimum atomic E-state index is 0.0265. The van der Waals surface area contributed by atoms with Crippen LogP contribution in [0.3, 0.4) is 0 Å². The molecule has 1 heterocycles. The van der Waals surface area contributed by atoms with Gasteiger partial charge in [-0.3, -0.25) is 4.98 Å². The molecule has 2 aromatic rings. The van der Waals surface area contributed by atoms with Crippen LogP contribution in [-0.2, 0) is 6.42 Å². The van der Waals surface area contributed by atoms with Crippen LogP contribution in [0.15, 0.2) is 47.1 Å². The summed E-state index contributed by atoms with van der Waals surface area (Å²) in [6, 6.07) is 12.5. The van der Waals surface area contributed by atoms with Crippen LogP contribution in [0.1, 0.15) is 35.2 Å². The minimum Gasteiger partial charge on any atom is -0.323 e. The number of pyridine rings is 1. The second kappa shape index (κ2) is 4.82. The summed E-state index contributed by atoms with van der Waals surface area (Å²) >= 11 is 3.50. The van der Waals surface area contributed by atoms with E-state index in [-0.39, 0.29) is 6.04 Å². The fraction of sp³-hybridized carbons (Fsp3) is 0.267. The first-order valence-corrected chi connectivity index (χ1v) is 7.00. The Kier molecular flexibility index (Phi) is 3.18. The van der Waals surface area contributed by atoms with Crippen molar-refractivity contribution in [2.24, 2.45) is 5.73 Å². The van der Waals surface area contributed by atoms with Crippen LogP contribution in [0, 0.1) is 0 Å². The quantitative estimate of drug-likeness (QED) is 0.921.